The zero-order valence-corrected chi connectivity index (χ0v) is 16.6. The molecule has 2 aliphatic rings. The van der Waals surface area contributed by atoms with E-state index in [1.807, 2.05) is 0 Å². The van der Waals surface area contributed by atoms with Gasteiger partial charge in [-0.05, 0) is 36.4 Å². The molecule has 0 saturated carbocycles. The summed E-state index contributed by atoms with van der Waals surface area (Å²) in [7, 11) is 0. The smallest absolute Gasteiger partial charge is 0.335 e. The molecule has 9 heteroatoms. The molecule has 160 valence electrons. The van der Waals surface area contributed by atoms with Gasteiger partial charge in [0.2, 0.25) is 0 Å². The molecule has 0 unspecified atom stereocenters. The molecule has 0 atom stereocenters. The highest BCUT2D eigenvalue weighted by atomic mass is 16.4. The summed E-state index contributed by atoms with van der Waals surface area (Å²) in [6.45, 7) is 0. The van der Waals surface area contributed by atoms with E-state index in [-0.39, 0.29) is 38.9 Å². The first-order chi connectivity index (χ1) is 15.8. The minimum atomic E-state index is -1.14. The molecular formula is C24H12N2O7. The van der Waals surface area contributed by atoms with Gasteiger partial charge in [0.05, 0.1) is 27.8 Å². The van der Waals surface area contributed by atoms with Crippen LogP contribution in [0.4, 0.5) is 0 Å². The van der Waals surface area contributed by atoms with Crippen molar-refractivity contribution in [1.29, 1.82) is 0 Å². The lowest BCUT2D eigenvalue weighted by atomic mass is 9.98. The average Bonchev–Trinajstić information content (AvgIpc) is 3.22. The summed E-state index contributed by atoms with van der Waals surface area (Å²) in [5, 5.41) is 10.00. The summed E-state index contributed by atoms with van der Waals surface area (Å²) < 4.78 is 0. The fraction of sp³-hybridized carbons (Fsp3) is 0. The van der Waals surface area contributed by atoms with E-state index in [9.17, 15) is 28.8 Å². The molecule has 0 radical (unpaired) electrons. The van der Waals surface area contributed by atoms with Crippen molar-refractivity contribution in [1.82, 2.24) is 10.0 Å². The number of rotatable bonds is 4. The van der Waals surface area contributed by atoms with Crippen LogP contribution in [-0.2, 0) is 0 Å². The van der Waals surface area contributed by atoms with Gasteiger partial charge in [0.1, 0.15) is 0 Å². The molecule has 0 saturated heterocycles. The zero-order valence-electron chi connectivity index (χ0n) is 16.6. The number of fused-ring (bicyclic) bond motifs is 2. The lowest BCUT2D eigenvalue weighted by molar-refractivity contribution is 0.00845. The normalized spacial score (nSPS) is 14.5. The van der Waals surface area contributed by atoms with E-state index in [2.05, 4.69) is 0 Å². The second-order valence-electron chi connectivity index (χ2n) is 7.36. The first-order valence-corrected chi connectivity index (χ1v) is 9.68. The maximum Gasteiger partial charge on any atom is 0.335 e. The van der Waals surface area contributed by atoms with Gasteiger partial charge in [-0.3, -0.25) is 24.0 Å². The van der Waals surface area contributed by atoms with Gasteiger partial charge in [-0.2, -0.15) is 10.0 Å². The maximum atomic E-state index is 13.0. The summed E-state index contributed by atoms with van der Waals surface area (Å²) in [5.41, 5.74) is 0.285. The molecule has 0 spiro atoms. The first kappa shape index (κ1) is 20.0. The zero-order chi connectivity index (χ0) is 23.4. The van der Waals surface area contributed by atoms with Crippen LogP contribution in [0.25, 0.3) is 0 Å². The number of aromatic carboxylic acids is 1. The molecule has 4 amide bonds. The van der Waals surface area contributed by atoms with Gasteiger partial charge in [-0.1, -0.05) is 30.3 Å². The fourth-order valence-electron chi connectivity index (χ4n) is 3.84. The minimum absolute atomic E-state index is 0.0119. The van der Waals surface area contributed by atoms with Crippen LogP contribution in [-0.4, -0.2) is 50.5 Å². The number of ketones is 1. The number of amides is 4. The van der Waals surface area contributed by atoms with Crippen LogP contribution in [0.5, 0.6) is 0 Å². The number of hydrazine groups is 1. The van der Waals surface area contributed by atoms with Gasteiger partial charge in [0, 0.05) is 11.1 Å². The Morgan fingerprint density at radius 2 is 0.970 bits per heavy atom. The maximum absolute atomic E-state index is 13.0. The molecule has 0 aromatic heterocycles. The third-order valence-electron chi connectivity index (χ3n) is 5.49. The van der Waals surface area contributed by atoms with Crippen LogP contribution >= 0.6 is 0 Å². The number of carbonyl (C=O) groups is 6. The number of carboxylic acids is 1. The van der Waals surface area contributed by atoms with E-state index < -0.39 is 35.4 Å². The number of carbonyl (C=O) groups excluding carboxylic acids is 5. The molecule has 3 aromatic rings. The van der Waals surface area contributed by atoms with E-state index in [0.717, 1.165) is 0 Å². The van der Waals surface area contributed by atoms with Gasteiger partial charge >= 0.3 is 5.97 Å². The molecule has 5 rings (SSSR count). The Hall–Kier alpha value is -4.92. The van der Waals surface area contributed by atoms with Gasteiger partial charge < -0.3 is 5.11 Å². The van der Waals surface area contributed by atoms with E-state index in [4.69, 9.17) is 5.11 Å². The highest BCUT2D eigenvalue weighted by Gasteiger charge is 2.48. The third kappa shape index (κ3) is 2.87. The summed E-state index contributed by atoms with van der Waals surface area (Å²) in [5.74, 6) is -4.97. The Kier molecular flexibility index (Phi) is 4.28. The number of imide groups is 2. The van der Waals surface area contributed by atoms with E-state index >= 15 is 0 Å². The number of hydrogen-bond acceptors (Lipinski definition) is 6. The summed E-state index contributed by atoms with van der Waals surface area (Å²) in [6, 6.07) is 15.1. The quantitative estimate of drug-likeness (QED) is 0.487. The van der Waals surface area contributed by atoms with Crippen molar-refractivity contribution in [2.24, 2.45) is 0 Å². The van der Waals surface area contributed by atoms with Crippen molar-refractivity contribution >= 4 is 35.4 Å². The molecule has 33 heavy (non-hydrogen) atoms. The minimum Gasteiger partial charge on any atom is -0.478 e. The topological polar surface area (TPSA) is 129 Å². The summed E-state index contributed by atoms with van der Waals surface area (Å²) in [6.07, 6.45) is 0. The van der Waals surface area contributed by atoms with Crippen LogP contribution in [0.1, 0.15) is 67.7 Å². The number of hydrogen-bond donors (Lipinski definition) is 1. The van der Waals surface area contributed by atoms with E-state index in [0.29, 0.717) is 10.0 Å². The lowest BCUT2D eigenvalue weighted by Gasteiger charge is -2.23. The molecule has 2 aliphatic heterocycles. The Morgan fingerprint density at radius 1 is 0.545 bits per heavy atom. The second-order valence-corrected chi connectivity index (χ2v) is 7.36. The molecule has 0 aliphatic carbocycles. The Bertz CT molecular complexity index is 1400. The largest absolute Gasteiger partial charge is 0.478 e. The highest BCUT2D eigenvalue weighted by Crippen LogP contribution is 2.31. The number of nitrogens with zero attached hydrogens (tertiary/aromatic N) is 2. The van der Waals surface area contributed by atoms with Crippen molar-refractivity contribution < 1.29 is 33.9 Å². The first-order valence-electron chi connectivity index (χ1n) is 9.68. The highest BCUT2D eigenvalue weighted by molar-refractivity contribution is 6.28. The van der Waals surface area contributed by atoms with Crippen LogP contribution in [0.3, 0.4) is 0 Å². The van der Waals surface area contributed by atoms with Crippen molar-refractivity contribution in [2.75, 3.05) is 0 Å². The van der Waals surface area contributed by atoms with Gasteiger partial charge in [0.15, 0.2) is 5.78 Å². The van der Waals surface area contributed by atoms with E-state index in [1.54, 1.807) is 12.1 Å². The molecule has 3 aromatic carbocycles. The van der Waals surface area contributed by atoms with Gasteiger partial charge in [-0.25, -0.2) is 4.79 Å². The SMILES string of the molecule is O=C(O)c1ccc(C(=O)c2ccc3c(c2)C(=O)N(N2C(=O)c4ccccc4C2=O)C3=O)cc1. The summed E-state index contributed by atoms with van der Waals surface area (Å²) in [4.78, 5) is 75.3. The molecule has 0 fully saturated rings. The fourth-order valence-corrected chi connectivity index (χ4v) is 3.84. The van der Waals surface area contributed by atoms with Crippen molar-refractivity contribution in [3.63, 3.8) is 0 Å². The Labute approximate surface area is 185 Å². The summed E-state index contributed by atoms with van der Waals surface area (Å²) >= 11 is 0. The average molecular weight is 440 g/mol. The lowest BCUT2D eigenvalue weighted by Crippen LogP contribution is -2.49. The van der Waals surface area contributed by atoms with Gasteiger partial charge in [0.25, 0.3) is 23.6 Å². The third-order valence-corrected chi connectivity index (χ3v) is 5.49. The van der Waals surface area contributed by atoms with Crippen LogP contribution in [0.2, 0.25) is 0 Å². The predicted octanol–water partition coefficient (Wildman–Crippen LogP) is 2.42. The Balaban J connectivity index is 1.48. The molecule has 2 heterocycles. The van der Waals surface area contributed by atoms with E-state index in [1.165, 1.54) is 54.6 Å². The van der Waals surface area contributed by atoms with Crippen LogP contribution in [0.15, 0.2) is 66.7 Å². The van der Waals surface area contributed by atoms with Crippen molar-refractivity contribution in [2.45, 2.75) is 0 Å². The predicted molar refractivity (Wildman–Crippen MR) is 111 cm³/mol. The number of carboxylic acid groups (broad SMARTS) is 1. The van der Waals surface area contributed by atoms with Crippen molar-refractivity contribution in [3.8, 4) is 0 Å². The van der Waals surface area contributed by atoms with Crippen LogP contribution in [0, 0.1) is 0 Å². The van der Waals surface area contributed by atoms with Crippen LogP contribution < -0.4 is 0 Å². The van der Waals surface area contributed by atoms with Gasteiger partial charge in [-0.15, -0.1) is 0 Å². The molecular weight excluding hydrogens is 428 g/mol. The molecule has 0 bridgehead atoms. The Morgan fingerprint density at radius 3 is 1.48 bits per heavy atom. The van der Waals surface area contributed by atoms with Crippen molar-refractivity contribution in [3.05, 3.63) is 106 Å². The number of benzene rings is 3. The molecule has 9 nitrogen and oxygen atoms in total. The second kappa shape index (κ2) is 7.06. The monoisotopic (exact) mass is 440 g/mol. The molecule has 1 N–H and O–H groups in total. The standard InChI is InChI=1S/C24H12N2O7/c27-19(12-5-7-13(8-6-12)24(32)33)14-9-10-17-18(11-14)23(31)26(22(17)30)25-20(28)15-3-1-2-4-16(15)21(25)29/h1-11H,(H,32,33).